The van der Waals surface area contributed by atoms with E-state index in [-0.39, 0.29) is 47.6 Å². The summed E-state index contributed by atoms with van der Waals surface area (Å²) >= 11 is 0. The van der Waals surface area contributed by atoms with E-state index >= 15 is 0 Å². The molecule has 0 aromatic heterocycles. The monoisotopic (exact) mass is 358 g/mol. The number of unbranched alkanes of at least 4 members (excludes halogenated alkanes) is 14. The van der Waals surface area contributed by atoms with Gasteiger partial charge in [0.15, 0.2) is 0 Å². The Balaban J connectivity index is -0.000000301. The molecule has 128 valence electrons. The van der Waals surface area contributed by atoms with Crippen LogP contribution in [0.2, 0.25) is 0 Å². The van der Waals surface area contributed by atoms with Crippen LogP contribution in [0.4, 0.5) is 0 Å². The third-order valence-electron chi connectivity index (χ3n) is 3.99. The van der Waals surface area contributed by atoms with Gasteiger partial charge in [-0.1, -0.05) is 96.8 Å². The summed E-state index contributed by atoms with van der Waals surface area (Å²) < 4.78 is 0. The summed E-state index contributed by atoms with van der Waals surface area (Å²) in [5, 5.41) is 8.52. The standard InChI is InChI=1S/C18H36O2.Mg.Ti.2H/c1-2-3-4-5-6-7-8-9-10-11-12-13-14-15-16-17-18(19)20;;;;/h2-17H2,1H3,(H,19,20);;;;/q;+2;;2*-1. The van der Waals surface area contributed by atoms with E-state index in [0.717, 1.165) is 12.8 Å². The van der Waals surface area contributed by atoms with Gasteiger partial charge in [-0.2, -0.15) is 0 Å². The first kappa shape index (κ1) is 27.8. The Labute approximate surface area is 172 Å². The Morgan fingerprint density at radius 1 is 0.682 bits per heavy atom. The van der Waals surface area contributed by atoms with Crippen molar-refractivity contribution in [1.29, 1.82) is 0 Å². The van der Waals surface area contributed by atoms with Crippen molar-refractivity contribution in [2.45, 2.75) is 110 Å². The molecule has 0 aliphatic rings. The topological polar surface area (TPSA) is 37.3 Å². The number of carboxylic acids is 1. The van der Waals surface area contributed by atoms with E-state index in [4.69, 9.17) is 5.11 Å². The number of rotatable bonds is 16. The number of hydrogen-bond acceptors (Lipinski definition) is 1. The number of carbonyl (C=O) groups is 1. The molecule has 0 amide bonds. The minimum atomic E-state index is -0.653. The Kier molecular flexibility index (Phi) is 30.6. The van der Waals surface area contributed by atoms with Crippen LogP contribution in [0.5, 0.6) is 0 Å². The van der Waals surface area contributed by atoms with Crippen LogP contribution in [0.1, 0.15) is 113 Å². The number of carboxylic acid groups (broad SMARTS) is 1. The maximum Gasteiger partial charge on any atom is 2.00 e. The van der Waals surface area contributed by atoms with Crippen molar-refractivity contribution in [3.63, 3.8) is 0 Å². The van der Waals surface area contributed by atoms with E-state index in [1.807, 2.05) is 0 Å². The quantitative estimate of drug-likeness (QED) is 0.264. The van der Waals surface area contributed by atoms with Crippen molar-refractivity contribution >= 4 is 29.0 Å². The molecule has 0 radical (unpaired) electrons. The van der Waals surface area contributed by atoms with Gasteiger partial charge >= 0.3 is 29.0 Å². The van der Waals surface area contributed by atoms with Crippen LogP contribution in [0.15, 0.2) is 0 Å². The Morgan fingerprint density at radius 3 is 1.23 bits per heavy atom. The van der Waals surface area contributed by atoms with Gasteiger partial charge in [0.1, 0.15) is 0 Å². The minimum absolute atomic E-state index is 0. The first-order valence-electron chi connectivity index (χ1n) is 8.99. The second-order valence-electron chi connectivity index (χ2n) is 6.09. The van der Waals surface area contributed by atoms with Gasteiger partial charge in [0.25, 0.3) is 0 Å². The van der Waals surface area contributed by atoms with Gasteiger partial charge in [-0.25, -0.2) is 0 Å². The maximum absolute atomic E-state index is 10.3. The van der Waals surface area contributed by atoms with Gasteiger partial charge in [0.05, 0.1) is 0 Å². The Morgan fingerprint density at radius 2 is 0.955 bits per heavy atom. The molecule has 0 aromatic carbocycles. The van der Waals surface area contributed by atoms with E-state index in [9.17, 15) is 4.79 Å². The fourth-order valence-corrected chi connectivity index (χ4v) is 2.65. The molecule has 0 heterocycles. The molecule has 22 heavy (non-hydrogen) atoms. The Hall–Kier alpha value is 0.951. The van der Waals surface area contributed by atoms with E-state index in [0.29, 0.717) is 6.42 Å². The van der Waals surface area contributed by atoms with Crippen LogP contribution >= 0.6 is 0 Å². The molecule has 0 bridgehead atoms. The Bertz CT molecular complexity index is 223. The maximum atomic E-state index is 10.3. The zero-order valence-corrected chi connectivity index (χ0v) is 17.9. The summed E-state index contributed by atoms with van der Waals surface area (Å²) in [4.78, 5) is 10.3. The predicted molar refractivity (Wildman–Crippen MR) is 95.2 cm³/mol. The molecule has 0 unspecified atom stereocenters. The summed E-state index contributed by atoms with van der Waals surface area (Å²) in [6.07, 6.45) is 20.2. The minimum Gasteiger partial charge on any atom is -1.00 e. The average molecular weight is 359 g/mol. The molecule has 0 saturated carbocycles. The molecule has 2 nitrogen and oxygen atoms in total. The SMILES string of the molecule is CCCCCCCCCCCCCCCCCC(=O)O.[H-].[H-].[Mg+2].[Ti]. The van der Waals surface area contributed by atoms with Crippen molar-refractivity contribution in [3.8, 4) is 0 Å². The average Bonchev–Trinajstić information content (AvgIpc) is 2.43. The zero-order chi connectivity index (χ0) is 14.9. The molecule has 0 atom stereocenters. The normalized spacial score (nSPS) is 9.86. The molecule has 4 heteroatoms. The summed E-state index contributed by atoms with van der Waals surface area (Å²) in [5.74, 6) is -0.653. The van der Waals surface area contributed by atoms with Gasteiger partial charge in [0, 0.05) is 28.1 Å². The molecule has 0 saturated heterocycles. The van der Waals surface area contributed by atoms with E-state index in [1.54, 1.807) is 0 Å². The van der Waals surface area contributed by atoms with E-state index in [2.05, 4.69) is 6.92 Å². The first-order chi connectivity index (χ1) is 9.77. The largest absolute Gasteiger partial charge is 2.00 e. The third kappa shape index (κ3) is 25.9. The van der Waals surface area contributed by atoms with Crippen LogP contribution in [0, 0.1) is 0 Å². The summed E-state index contributed by atoms with van der Waals surface area (Å²) in [6, 6.07) is 0. The van der Waals surface area contributed by atoms with Gasteiger partial charge in [0.2, 0.25) is 0 Å². The molecule has 1 N–H and O–H groups in total. The van der Waals surface area contributed by atoms with Gasteiger partial charge in [-0.15, -0.1) is 0 Å². The first-order valence-corrected chi connectivity index (χ1v) is 8.99. The van der Waals surface area contributed by atoms with Crippen molar-refractivity contribution in [2.75, 3.05) is 0 Å². The molecule has 0 spiro atoms. The summed E-state index contributed by atoms with van der Waals surface area (Å²) in [6.45, 7) is 2.27. The van der Waals surface area contributed by atoms with Crippen molar-refractivity contribution in [1.82, 2.24) is 0 Å². The summed E-state index contributed by atoms with van der Waals surface area (Å²) in [5.41, 5.74) is 0. The van der Waals surface area contributed by atoms with Crippen LogP contribution in [0.25, 0.3) is 0 Å². The molecule has 0 fully saturated rings. The second kappa shape index (κ2) is 24.2. The number of hydrogen-bond donors (Lipinski definition) is 1. The van der Waals surface area contributed by atoms with Crippen LogP contribution < -0.4 is 0 Å². The molecular formula is C18H38MgO2Ti. The van der Waals surface area contributed by atoms with Gasteiger partial charge in [-0.05, 0) is 6.42 Å². The molecule has 0 aromatic rings. The molecule has 0 rings (SSSR count). The molecule has 0 aliphatic heterocycles. The third-order valence-corrected chi connectivity index (χ3v) is 3.99. The van der Waals surface area contributed by atoms with Gasteiger partial charge in [-0.3, -0.25) is 4.79 Å². The molecule has 0 aliphatic carbocycles. The van der Waals surface area contributed by atoms with E-state index < -0.39 is 5.97 Å². The van der Waals surface area contributed by atoms with Crippen LogP contribution in [0.3, 0.4) is 0 Å². The predicted octanol–water partition coefficient (Wildman–Crippen LogP) is 6.17. The van der Waals surface area contributed by atoms with Gasteiger partial charge < -0.3 is 7.96 Å². The van der Waals surface area contributed by atoms with Crippen molar-refractivity contribution in [3.05, 3.63) is 0 Å². The van der Waals surface area contributed by atoms with Crippen LogP contribution in [-0.4, -0.2) is 34.1 Å². The van der Waals surface area contributed by atoms with Crippen molar-refractivity contribution in [2.24, 2.45) is 0 Å². The van der Waals surface area contributed by atoms with Crippen LogP contribution in [-0.2, 0) is 26.5 Å². The number of aliphatic carboxylic acids is 1. The summed E-state index contributed by atoms with van der Waals surface area (Å²) in [7, 11) is 0. The second-order valence-corrected chi connectivity index (χ2v) is 6.09. The smallest absolute Gasteiger partial charge is 1.00 e. The fraction of sp³-hybridized carbons (Fsp3) is 0.944. The van der Waals surface area contributed by atoms with E-state index in [1.165, 1.54) is 83.5 Å². The zero-order valence-electron chi connectivity index (χ0n) is 16.9. The van der Waals surface area contributed by atoms with Crippen molar-refractivity contribution < 1.29 is 34.5 Å². The fourth-order valence-electron chi connectivity index (χ4n) is 2.65. The molecular weight excluding hydrogens is 320 g/mol.